The summed E-state index contributed by atoms with van der Waals surface area (Å²) in [7, 11) is 0. The van der Waals surface area contributed by atoms with Crippen molar-refractivity contribution < 1.29 is 4.79 Å². The monoisotopic (exact) mass is 202 g/mol. The predicted octanol–water partition coefficient (Wildman–Crippen LogP) is 0.856. The number of piperazine rings is 1. The molecule has 2 aliphatic heterocycles. The van der Waals surface area contributed by atoms with Gasteiger partial charge in [0.2, 0.25) is 5.91 Å². The van der Waals surface area contributed by atoms with Gasteiger partial charge in [-0.15, -0.1) is 0 Å². The molecular weight excluding hydrogens is 188 g/mol. The summed E-state index contributed by atoms with van der Waals surface area (Å²) in [6.07, 6.45) is 1.07. The second-order valence-corrected chi connectivity index (χ2v) is 4.37. The van der Waals surface area contributed by atoms with Crippen LogP contribution in [0.4, 0.5) is 5.69 Å². The average molecular weight is 202 g/mol. The third-order valence-corrected chi connectivity index (χ3v) is 3.35. The van der Waals surface area contributed by atoms with Crippen LogP contribution in [0.1, 0.15) is 11.1 Å². The van der Waals surface area contributed by atoms with Gasteiger partial charge in [-0.2, -0.15) is 0 Å². The van der Waals surface area contributed by atoms with Gasteiger partial charge in [0.25, 0.3) is 0 Å². The van der Waals surface area contributed by atoms with Crippen LogP contribution in [-0.2, 0) is 11.2 Å². The van der Waals surface area contributed by atoms with Crippen molar-refractivity contribution in [1.82, 2.24) is 5.32 Å². The van der Waals surface area contributed by atoms with Crippen molar-refractivity contribution in [2.75, 3.05) is 18.0 Å². The maximum atomic E-state index is 11.4. The molecule has 1 aromatic rings. The standard InChI is InChI=1S/C12H14N2O/c1-8-3-2-4-9-5-10-6-13-11(15)7-14(10)12(8)9/h2-4,10H,5-7H2,1H3,(H,13,15). The third kappa shape index (κ3) is 1.23. The van der Waals surface area contributed by atoms with Crippen LogP contribution in [0.25, 0.3) is 0 Å². The number of nitrogens with zero attached hydrogens (tertiary/aromatic N) is 1. The Hall–Kier alpha value is -1.51. The van der Waals surface area contributed by atoms with Crippen LogP contribution < -0.4 is 10.2 Å². The third-order valence-electron chi connectivity index (χ3n) is 3.35. The molecule has 3 nitrogen and oxygen atoms in total. The second kappa shape index (κ2) is 2.99. The van der Waals surface area contributed by atoms with E-state index in [1.165, 1.54) is 16.8 Å². The van der Waals surface area contributed by atoms with Gasteiger partial charge >= 0.3 is 0 Å². The zero-order valence-electron chi connectivity index (χ0n) is 8.79. The van der Waals surface area contributed by atoms with E-state index in [-0.39, 0.29) is 5.91 Å². The molecule has 3 rings (SSSR count). The fourth-order valence-electron chi connectivity index (χ4n) is 2.67. The zero-order valence-corrected chi connectivity index (χ0v) is 8.79. The SMILES string of the molecule is Cc1cccc2c1N1CC(=O)NCC1C2. The molecule has 15 heavy (non-hydrogen) atoms. The van der Waals surface area contributed by atoms with Crippen molar-refractivity contribution in [2.24, 2.45) is 0 Å². The van der Waals surface area contributed by atoms with Gasteiger partial charge < -0.3 is 10.2 Å². The largest absolute Gasteiger partial charge is 0.357 e. The maximum Gasteiger partial charge on any atom is 0.239 e. The van der Waals surface area contributed by atoms with E-state index in [0.717, 1.165) is 13.0 Å². The van der Waals surface area contributed by atoms with Gasteiger partial charge in [0, 0.05) is 12.2 Å². The fourth-order valence-corrected chi connectivity index (χ4v) is 2.67. The highest BCUT2D eigenvalue weighted by Gasteiger charge is 2.34. The van der Waals surface area contributed by atoms with Crippen molar-refractivity contribution in [3.8, 4) is 0 Å². The van der Waals surface area contributed by atoms with E-state index in [4.69, 9.17) is 0 Å². The number of carbonyl (C=O) groups excluding carboxylic acids is 1. The van der Waals surface area contributed by atoms with Crippen molar-refractivity contribution in [1.29, 1.82) is 0 Å². The van der Waals surface area contributed by atoms with Crippen LogP contribution in [0.2, 0.25) is 0 Å². The molecule has 1 amide bonds. The summed E-state index contributed by atoms with van der Waals surface area (Å²) in [4.78, 5) is 13.6. The molecule has 0 aromatic heterocycles. The summed E-state index contributed by atoms with van der Waals surface area (Å²) in [5.41, 5.74) is 3.96. The van der Waals surface area contributed by atoms with Gasteiger partial charge in [-0.3, -0.25) is 4.79 Å². The highest BCUT2D eigenvalue weighted by molar-refractivity contribution is 5.85. The Morgan fingerprint density at radius 2 is 2.33 bits per heavy atom. The van der Waals surface area contributed by atoms with Gasteiger partial charge in [-0.25, -0.2) is 0 Å². The number of nitrogens with one attached hydrogen (secondary N) is 1. The van der Waals surface area contributed by atoms with E-state index in [9.17, 15) is 4.79 Å². The van der Waals surface area contributed by atoms with Gasteiger partial charge in [-0.1, -0.05) is 18.2 Å². The maximum absolute atomic E-state index is 11.4. The Morgan fingerprint density at radius 3 is 3.20 bits per heavy atom. The minimum Gasteiger partial charge on any atom is -0.357 e. The number of para-hydroxylation sites is 1. The molecule has 1 N–H and O–H groups in total. The van der Waals surface area contributed by atoms with Crippen LogP contribution in [0.15, 0.2) is 18.2 Å². The molecule has 1 fully saturated rings. The summed E-state index contributed by atoms with van der Waals surface area (Å²) in [5.74, 6) is 0.141. The predicted molar refractivity (Wildman–Crippen MR) is 59.0 cm³/mol. The highest BCUT2D eigenvalue weighted by atomic mass is 16.2. The molecule has 0 radical (unpaired) electrons. The van der Waals surface area contributed by atoms with Crippen molar-refractivity contribution in [2.45, 2.75) is 19.4 Å². The van der Waals surface area contributed by atoms with Crippen molar-refractivity contribution in [3.63, 3.8) is 0 Å². The summed E-state index contributed by atoms with van der Waals surface area (Å²) in [6.45, 7) is 3.42. The van der Waals surface area contributed by atoms with Crippen LogP contribution in [0.5, 0.6) is 0 Å². The van der Waals surface area contributed by atoms with Gasteiger partial charge in [0.05, 0.1) is 12.6 Å². The van der Waals surface area contributed by atoms with E-state index in [0.29, 0.717) is 12.6 Å². The number of hydrogen-bond donors (Lipinski definition) is 1. The fraction of sp³-hybridized carbons (Fsp3) is 0.417. The lowest BCUT2D eigenvalue weighted by Crippen LogP contribution is -2.53. The number of rotatable bonds is 0. The first-order valence-electron chi connectivity index (χ1n) is 5.37. The number of hydrogen-bond acceptors (Lipinski definition) is 2. The van der Waals surface area contributed by atoms with Crippen LogP contribution in [0.3, 0.4) is 0 Å². The molecule has 3 heteroatoms. The first kappa shape index (κ1) is 8.77. The van der Waals surface area contributed by atoms with Gasteiger partial charge in [0.15, 0.2) is 0 Å². The van der Waals surface area contributed by atoms with Crippen LogP contribution in [-0.4, -0.2) is 25.0 Å². The van der Waals surface area contributed by atoms with E-state index in [1.54, 1.807) is 0 Å². The van der Waals surface area contributed by atoms with E-state index in [2.05, 4.69) is 35.3 Å². The number of benzene rings is 1. The number of fused-ring (bicyclic) bond motifs is 3. The first-order valence-corrected chi connectivity index (χ1v) is 5.37. The Labute approximate surface area is 89.1 Å². The average Bonchev–Trinajstić information content (AvgIpc) is 2.57. The zero-order chi connectivity index (χ0) is 10.4. The lowest BCUT2D eigenvalue weighted by molar-refractivity contribution is -0.120. The lowest BCUT2D eigenvalue weighted by atomic mass is 10.1. The Bertz CT molecular complexity index is 428. The van der Waals surface area contributed by atoms with E-state index >= 15 is 0 Å². The molecule has 78 valence electrons. The smallest absolute Gasteiger partial charge is 0.239 e. The van der Waals surface area contributed by atoms with Gasteiger partial charge in [0.1, 0.15) is 0 Å². The molecule has 1 unspecified atom stereocenters. The van der Waals surface area contributed by atoms with Crippen LogP contribution in [0, 0.1) is 6.92 Å². The Kier molecular flexibility index (Phi) is 1.75. The Morgan fingerprint density at radius 1 is 1.47 bits per heavy atom. The second-order valence-electron chi connectivity index (χ2n) is 4.37. The Balaban J connectivity index is 2.06. The number of aryl methyl sites for hydroxylation is 1. The molecule has 1 aromatic carbocycles. The molecule has 0 bridgehead atoms. The molecule has 0 saturated carbocycles. The number of anilines is 1. The van der Waals surface area contributed by atoms with E-state index < -0.39 is 0 Å². The quantitative estimate of drug-likeness (QED) is 0.676. The van der Waals surface area contributed by atoms with Crippen molar-refractivity contribution in [3.05, 3.63) is 29.3 Å². The molecule has 2 aliphatic rings. The number of amides is 1. The summed E-state index contributed by atoms with van der Waals surface area (Å²) in [6, 6.07) is 6.86. The summed E-state index contributed by atoms with van der Waals surface area (Å²) < 4.78 is 0. The number of carbonyl (C=O) groups is 1. The van der Waals surface area contributed by atoms with E-state index in [1.807, 2.05) is 0 Å². The molecule has 2 heterocycles. The topological polar surface area (TPSA) is 32.3 Å². The molecule has 0 spiro atoms. The molecular formula is C12H14N2O. The molecule has 0 aliphatic carbocycles. The highest BCUT2D eigenvalue weighted by Crippen LogP contribution is 2.35. The normalized spacial score (nSPS) is 23.4. The summed E-state index contributed by atoms with van der Waals surface area (Å²) >= 11 is 0. The minimum absolute atomic E-state index is 0.141. The first-order chi connectivity index (χ1) is 7.25. The van der Waals surface area contributed by atoms with Crippen molar-refractivity contribution >= 4 is 11.6 Å². The van der Waals surface area contributed by atoms with Gasteiger partial charge in [-0.05, 0) is 24.5 Å². The lowest BCUT2D eigenvalue weighted by Gasteiger charge is -2.32. The molecule has 1 atom stereocenters. The summed E-state index contributed by atoms with van der Waals surface area (Å²) in [5, 5.41) is 2.93. The molecule has 1 saturated heterocycles. The van der Waals surface area contributed by atoms with Crippen LogP contribution >= 0.6 is 0 Å². The minimum atomic E-state index is 0.141.